The summed E-state index contributed by atoms with van der Waals surface area (Å²) in [6.45, 7) is 10.7. The van der Waals surface area contributed by atoms with E-state index in [1.54, 1.807) is 29.2 Å². The van der Waals surface area contributed by atoms with Crippen molar-refractivity contribution in [3.8, 4) is 5.75 Å². The number of hydrogen-bond acceptors (Lipinski definition) is 5. The van der Waals surface area contributed by atoms with Gasteiger partial charge in [-0.25, -0.2) is 0 Å². The molecule has 3 rings (SSSR count). The molecule has 1 unspecified atom stereocenters. The van der Waals surface area contributed by atoms with E-state index in [2.05, 4.69) is 18.7 Å². The lowest BCUT2D eigenvalue weighted by Gasteiger charge is -2.26. The van der Waals surface area contributed by atoms with Gasteiger partial charge in [0.05, 0.1) is 18.2 Å². The lowest BCUT2D eigenvalue weighted by Crippen LogP contribution is -2.30. The monoisotopic (exact) mass is 436 g/mol. The van der Waals surface area contributed by atoms with Crippen molar-refractivity contribution in [1.29, 1.82) is 0 Å². The van der Waals surface area contributed by atoms with E-state index < -0.39 is 17.7 Å². The molecule has 0 bridgehead atoms. The van der Waals surface area contributed by atoms with Crippen LogP contribution in [0.5, 0.6) is 5.75 Å². The van der Waals surface area contributed by atoms with Gasteiger partial charge in [0.25, 0.3) is 11.7 Å². The van der Waals surface area contributed by atoms with Gasteiger partial charge in [0.15, 0.2) is 0 Å². The van der Waals surface area contributed by atoms with E-state index >= 15 is 0 Å². The first kappa shape index (κ1) is 23.4. The third kappa shape index (κ3) is 4.49. The van der Waals surface area contributed by atoms with E-state index in [0.29, 0.717) is 30.9 Å². The van der Waals surface area contributed by atoms with Crippen LogP contribution in [0.15, 0.2) is 54.1 Å². The number of likely N-dealkylation sites (tertiary alicyclic amines) is 1. The minimum atomic E-state index is -0.657. The number of amides is 1. The largest absolute Gasteiger partial charge is 0.507 e. The number of ketones is 1. The van der Waals surface area contributed by atoms with Crippen molar-refractivity contribution in [2.24, 2.45) is 0 Å². The summed E-state index contributed by atoms with van der Waals surface area (Å²) in [5, 5.41) is 11.2. The number of rotatable bonds is 9. The number of anilines is 1. The van der Waals surface area contributed by atoms with E-state index in [9.17, 15) is 14.7 Å². The highest BCUT2D eigenvalue weighted by molar-refractivity contribution is 6.46. The van der Waals surface area contributed by atoms with Crippen molar-refractivity contribution in [1.82, 2.24) is 4.90 Å². The van der Waals surface area contributed by atoms with Gasteiger partial charge in [-0.3, -0.25) is 9.59 Å². The van der Waals surface area contributed by atoms with Crippen molar-refractivity contribution in [3.63, 3.8) is 0 Å². The highest BCUT2D eigenvalue weighted by Gasteiger charge is 2.45. The smallest absolute Gasteiger partial charge is 0.295 e. The molecule has 1 aliphatic heterocycles. The number of carbonyl (C=O) groups excluding carboxylic acids is 2. The van der Waals surface area contributed by atoms with Gasteiger partial charge in [-0.2, -0.15) is 0 Å². The van der Waals surface area contributed by atoms with Crippen molar-refractivity contribution in [3.05, 3.63) is 65.2 Å². The van der Waals surface area contributed by atoms with E-state index in [4.69, 9.17) is 4.74 Å². The predicted octanol–water partition coefficient (Wildman–Crippen LogP) is 4.76. The number of carbonyl (C=O) groups is 2. The van der Waals surface area contributed by atoms with Crippen LogP contribution in [-0.2, 0) is 9.59 Å². The topological polar surface area (TPSA) is 70.1 Å². The molecule has 0 radical (unpaired) electrons. The summed E-state index contributed by atoms with van der Waals surface area (Å²) < 4.78 is 5.53. The summed E-state index contributed by atoms with van der Waals surface area (Å²) in [6, 6.07) is 14.2. The Morgan fingerprint density at radius 2 is 1.72 bits per heavy atom. The first-order valence-corrected chi connectivity index (χ1v) is 11.3. The standard InChI is InChI=1S/C26H32N2O4/c1-5-16-28-23(18-12-14-20(15-13-18)27(6-2)7-3)22(25(30)26(28)31)24(29)19-10-9-11-21(17-19)32-8-4/h9-15,17,23,29H,5-8,16H2,1-4H3/b24-22-. The number of nitrogens with zero attached hydrogens (tertiary/aromatic N) is 2. The Kier molecular flexibility index (Phi) is 7.57. The molecular weight excluding hydrogens is 404 g/mol. The van der Waals surface area contributed by atoms with Gasteiger partial charge in [0.2, 0.25) is 0 Å². The molecule has 1 fully saturated rings. The van der Waals surface area contributed by atoms with Crippen LogP contribution >= 0.6 is 0 Å². The zero-order valence-electron chi connectivity index (χ0n) is 19.3. The highest BCUT2D eigenvalue weighted by atomic mass is 16.5. The molecule has 2 aromatic rings. The molecule has 1 atom stereocenters. The van der Waals surface area contributed by atoms with Gasteiger partial charge >= 0.3 is 0 Å². The molecule has 2 aromatic carbocycles. The zero-order valence-corrected chi connectivity index (χ0v) is 19.3. The average molecular weight is 437 g/mol. The Hall–Kier alpha value is -3.28. The number of ether oxygens (including phenoxy) is 1. The molecular formula is C26H32N2O4. The van der Waals surface area contributed by atoms with Crippen LogP contribution in [0.3, 0.4) is 0 Å². The second kappa shape index (κ2) is 10.4. The number of aliphatic hydroxyl groups excluding tert-OH is 1. The number of Topliss-reactive ketones (excluding diaryl/α,β-unsaturated/α-hetero) is 1. The van der Waals surface area contributed by atoms with Gasteiger partial charge in [0, 0.05) is 30.9 Å². The molecule has 1 N–H and O–H groups in total. The second-order valence-corrected chi connectivity index (χ2v) is 7.72. The molecule has 6 nitrogen and oxygen atoms in total. The maximum atomic E-state index is 13.0. The molecule has 0 saturated carbocycles. The predicted molar refractivity (Wildman–Crippen MR) is 127 cm³/mol. The Morgan fingerprint density at radius 3 is 2.31 bits per heavy atom. The summed E-state index contributed by atoms with van der Waals surface area (Å²) in [5.41, 5.74) is 2.45. The molecule has 0 aromatic heterocycles. The maximum absolute atomic E-state index is 13.0. The number of hydrogen-bond donors (Lipinski definition) is 1. The highest BCUT2D eigenvalue weighted by Crippen LogP contribution is 2.40. The first-order chi connectivity index (χ1) is 15.5. The van der Waals surface area contributed by atoms with Gasteiger partial charge < -0.3 is 19.6 Å². The summed E-state index contributed by atoms with van der Waals surface area (Å²) in [7, 11) is 0. The van der Waals surface area contributed by atoms with E-state index in [1.165, 1.54) is 0 Å². The Labute approximate surface area is 190 Å². The van der Waals surface area contributed by atoms with Crippen LogP contribution in [0.25, 0.3) is 5.76 Å². The third-order valence-electron chi connectivity index (χ3n) is 5.76. The van der Waals surface area contributed by atoms with Gasteiger partial charge in [-0.1, -0.05) is 31.2 Å². The van der Waals surface area contributed by atoms with Crippen molar-refractivity contribution < 1.29 is 19.4 Å². The summed E-state index contributed by atoms with van der Waals surface area (Å²) in [5.74, 6) is -0.816. The Balaban J connectivity index is 2.10. The Bertz CT molecular complexity index is 993. The molecule has 1 amide bonds. The van der Waals surface area contributed by atoms with Gasteiger partial charge in [-0.15, -0.1) is 0 Å². The second-order valence-electron chi connectivity index (χ2n) is 7.72. The zero-order chi connectivity index (χ0) is 23.3. The van der Waals surface area contributed by atoms with Gasteiger partial charge in [-0.05, 0) is 57.0 Å². The van der Waals surface area contributed by atoms with Crippen molar-refractivity contribution >= 4 is 23.1 Å². The molecule has 1 aliphatic rings. The number of benzene rings is 2. The Morgan fingerprint density at radius 1 is 1.03 bits per heavy atom. The molecule has 170 valence electrons. The molecule has 6 heteroatoms. The quantitative estimate of drug-likeness (QED) is 0.349. The van der Waals surface area contributed by atoms with Crippen LogP contribution < -0.4 is 9.64 Å². The van der Waals surface area contributed by atoms with Crippen LogP contribution in [0, 0.1) is 0 Å². The lowest BCUT2D eigenvalue weighted by molar-refractivity contribution is -0.139. The fraction of sp³-hybridized carbons (Fsp3) is 0.385. The van der Waals surface area contributed by atoms with Crippen LogP contribution in [0.2, 0.25) is 0 Å². The summed E-state index contributed by atoms with van der Waals surface area (Å²) in [6.07, 6.45) is 0.709. The normalized spacial score (nSPS) is 17.6. The molecule has 0 spiro atoms. The molecule has 1 heterocycles. The van der Waals surface area contributed by atoms with E-state index in [1.807, 2.05) is 38.1 Å². The average Bonchev–Trinajstić information content (AvgIpc) is 3.05. The maximum Gasteiger partial charge on any atom is 0.295 e. The van der Waals surface area contributed by atoms with Gasteiger partial charge in [0.1, 0.15) is 11.5 Å². The van der Waals surface area contributed by atoms with Crippen LogP contribution in [0.1, 0.15) is 51.3 Å². The SMILES string of the molecule is CCCN1C(=O)C(=O)/C(=C(\O)c2cccc(OCC)c2)C1c1ccc(N(CC)CC)cc1. The lowest BCUT2D eigenvalue weighted by atomic mass is 9.95. The molecule has 1 saturated heterocycles. The molecule has 0 aliphatic carbocycles. The molecule has 32 heavy (non-hydrogen) atoms. The fourth-order valence-electron chi connectivity index (χ4n) is 4.21. The third-order valence-corrected chi connectivity index (χ3v) is 5.76. The van der Waals surface area contributed by atoms with Crippen LogP contribution in [0.4, 0.5) is 5.69 Å². The van der Waals surface area contributed by atoms with Crippen LogP contribution in [-0.4, -0.2) is 47.9 Å². The fourth-order valence-corrected chi connectivity index (χ4v) is 4.21. The van der Waals surface area contributed by atoms with E-state index in [0.717, 1.165) is 24.3 Å². The summed E-state index contributed by atoms with van der Waals surface area (Å²) >= 11 is 0. The minimum Gasteiger partial charge on any atom is -0.507 e. The van der Waals surface area contributed by atoms with E-state index in [-0.39, 0.29) is 11.3 Å². The van der Waals surface area contributed by atoms with Crippen molar-refractivity contribution in [2.75, 3.05) is 31.1 Å². The minimum absolute atomic E-state index is 0.118. The van der Waals surface area contributed by atoms with Crippen molar-refractivity contribution in [2.45, 2.75) is 40.2 Å². The first-order valence-electron chi connectivity index (χ1n) is 11.3. The number of aliphatic hydroxyl groups is 1. The summed E-state index contributed by atoms with van der Waals surface area (Å²) in [4.78, 5) is 29.7.